The van der Waals surface area contributed by atoms with Crippen LogP contribution in [0.25, 0.3) is 109 Å². The molecule has 0 fully saturated rings. The summed E-state index contributed by atoms with van der Waals surface area (Å²) in [6.07, 6.45) is 0. The molecule has 0 atom stereocenters. The van der Waals surface area contributed by atoms with Crippen molar-refractivity contribution in [2.24, 2.45) is 0 Å². The molecule has 3 aromatic heterocycles. The summed E-state index contributed by atoms with van der Waals surface area (Å²) in [6, 6.07) is 68.6. The second-order valence-electron chi connectivity index (χ2n) is 14.1. The number of benzene rings is 8. The second-order valence-corrected chi connectivity index (χ2v) is 15.2. The van der Waals surface area contributed by atoms with Crippen LogP contribution < -0.4 is 0 Å². The fourth-order valence-corrected chi connectivity index (χ4v) is 9.19. The molecule has 0 unspecified atom stereocenters. The molecule has 8 aromatic carbocycles. The minimum absolute atomic E-state index is 0.664. The molecular weight excluding hydrogens is 701 g/mol. The maximum Gasteiger partial charge on any atom is 0.160 e. The molecule has 4 heteroatoms. The maximum absolute atomic E-state index is 6.53. The van der Waals surface area contributed by atoms with Crippen LogP contribution in [0.3, 0.4) is 0 Å². The van der Waals surface area contributed by atoms with Crippen LogP contribution in [-0.2, 0) is 0 Å². The van der Waals surface area contributed by atoms with E-state index in [1.807, 2.05) is 41.7 Å². The van der Waals surface area contributed by atoms with Crippen molar-refractivity contribution in [3.63, 3.8) is 0 Å². The van der Waals surface area contributed by atoms with Crippen molar-refractivity contribution < 1.29 is 4.42 Å². The monoisotopic (exact) mass is 732 g/mol. The van der Waals surface area contributed by atoms with Gasteiger partial charge < -0.3 is 4.42 Å². The van der Waals surface area contributed by atoms with Gasteiger partial charge in [0.15, 0.2) is 5.82 Å². The second kappa shape index (κ2) is 13.3. The minimum Gasteiger partial charge on any atom is -0.455 e. The van der Waals surface area contributed by atoms with E-state index < -0.39 is 0 Å². The van der Waals surface area contributed by atoms with Gasteiger partial charge in [0.25, 0.3) is 0 Å². The van der Waals surface area contributed by atoms with E-state index in [4.69, 9.17) is 14.4 Å². The highest BCUT2D eigenvalue weighted by Gasteiger charge is 2.18. The topological polar surface area (TPSA) is 38.9 Å². The fraction of sp³-hybridized carbons (Fsp3) is 0. The van der Waals surface area contributed by atoms with Crippen molar-refractivity contribution in [1.82, 2.24) is 9.97 Å². The van der Waals surface area contributed by atoms with Crippen LogP contribution in [0.1, 0.15) is 0 Å². The number of thiophene rings is 1. The van der Waals surface area contributed by atoms with Crippen LogP contribution in [0.4, 0.5) is 0 Å². The predicted molar refractivity (Wildman–Crippen MR) is 235 cm³/mol. The number of aromatic nitrogens is 2. The third-order valence-electron chi connectivity index (χ3n) is 10.7. The van der Waals surface area contributed by atoms with Crippen molar-refractivity contribution in [3.05, 3.63) is 194 Å². The number of para-hydroxylation sites is 2. The lowest BCUT2D eigenvalue weighted by atomic mass is 9.93. The van der Waals surface area contributed by atoms with Crippen molar-refractivity contribution >= 4 is 53.4 Å². The van der Waals surface area contributed by atoms with E-state index in [0.29, 0.717) is 5.82 Å². The van der Waals surface area contributed by atoms with Gasteiger partial charge in [-0.3, -0.25) is 0 Å². The van der Waals surface area contributed by atoms with Gasteiger partial charge >= 0.3 is 0 Å². The Morgan fingerprint density at radius 2 is 0.929 bits per heavy atom. The van der Waals surface area contributed by atoms with Crippen LogP contribution in [0.5, 0.6) is 0 Å². The molecule has 3 nitrogen and oxygen atoms in total. The summed E-state index contributed by atoms with van der Waals surface area (Å²) < 4.78 is 9.10. The first-order valence-corrected chi connectivity index (χ1v) is 19.6. The number of fused-ring (bicyclic) bond motifs is 6. The number of hydrogen-bond acceptors (Lipinski definition) is 4. The number of hydrogen-bond donors (Lipinski definition) is 0. The Labute approximate surface area is 327 Å². The predicted octanol–water partition coefficient (Wildman–Crippen LogP) is 14.7. The molecule has 56 heavy (non-hydrogen) atoms. The Morgan fingerprint density at radius 1 is 0.357 bits per heavy atom. The number of nitrogens with zero attached hydrogens (tertiary/aromatic N) is 2. The van der Waals surface area contributed by atoms with Crippen molar-refractivity contribution in [3.8, 4) is 67.3 Å². The summed E-state index contributed by atoms with van der Waals surface area (Å²) in [7, 11) is 0. The van der Waals surface area contributed by atoms with Gasteiger partial charge in [0.1, 0.15) is 11.2 Å². The summed E-state index contributed by atoms with van der Waals surface area (Å²) in [6.45, 7) is 0. The van der Waals surface area contributed by atoms with Crippen molar-refractivity contribution in [2.45, 2.75) is 0 Å². The molecule has 0 saturated carbocycles. The number of furan rings is 1. The molecule has 0 aliphatic carbocycles. The third kappa shape index (κ3) is 5.58. The van der Waals surface area contributed by atoms with Crippen LogP contribution in [0, 0.1) is 0 Å². The molecule has 11 aromatic rings. The zero-order valence-electron chi connectivity index (χ0n) is 30.2. The molecular formula is C52H32N2OS. The summed E-state index contributed by atoms with van der Waals surface area (Å²) >= 11 is 1.85. The Bertz CT molecular complexity index is 3240. The highest BCUT2D eigenvalue weighted by molar-refractivity contribution is 7.26. The van der Waals surface area contributed by atoms with E-state index in [9.17, 15) is 0 Å². The standard InChI is InChI=1S/C52H32N2OS/c1-3-13-33(14-4-1)34-25-27-35(28-26-34)37-29-38(40-19-11-21-44-42-18-8-10-24-49(42)56-51(40)44)31-39(30-37)46-32-47(54-52(53-46)36-15-5-2-6-16-36)45-22-12-20-43-41-17-7-9-23-48(41)55-50(43)45/h1-32H. The van der Waals surface area contributed by atoms with E-state index in [0.717, 1.165) is 66.7 Å². The lowest BCUT2D eigenvalue weighted by Gasteiger charge is -2.14. The van der Waals surface area contributed by atoms with Gasteiger partial charge in [-0.2, -0.15) is 0 Å². The highest BCUT2D eigenvalue weighted by Crippen LogP contribution is 2.43. The first kappa shape index (κ1) is 32.3. The largest absolute Gasteiger partial charge is 0.455 e. The van der Waals surface area contributed by atoms with E-state index in [2.05, 4.69) is 164 Å². The summed E-state index contributed by atoms with van der Waals surface area (Å²) in [4.78, 5) is 10.5. The van der Waals surface area contributed by atoms with Gasteiger partial charge in [0.05, 0.1) is 11.4 Å². The third-order valence-corrected chi connectivity index (χ3v) is 11.9. The van der Waals surface area contributed by atoms with Crippen LogP contribution in [0.2, 0.25) is 0 Å². The van der Waals surface area contributed by atoms with Crippen LogP contribution >= 0.6 is 11.3 Å². The van der Waals surface area contributed by atoms with Gasteiger partial charge in [0.2, 0.25) is 0 Å². The van der Waals surface area contributed by atoms with Crippen molar-refractivity contribution in [2.75, 3.05) is 0 Å². The normalized spacial score (nSPS) is 11.6. The Morgan fingerprint density at radius 3 is 1.73 bits per heavy atom. The molecule has 0 aliphatic rings. The van der Waals surface area contributed by atoms with Crippen LogP contribution in [-0.4, -0.2) is 9.97 Å². The smallest absolute Gasteiger partial charge is 0.160 e. The lowest BCUT2D eigenvalue weighted by Crippen LogP contribution is -1.97. The molecule has 0 amide bonds. The Kier molecular flexibility index (Phi) is 7.68. The van der Waals surface area contributed by atoms with Crippen molar-refractivity contribution in [1.29, 1.82) is 0 Å². The molecule has 262 valence electrons. The van der Waals surface area contributed by atoms with E-state index in [1.165, 1.54) is 36.9 Å². The first-order chi connectivity index (χ1) is 27.7. The van der Waals surface area contributed by atoms with Gasteiger partial charge in [-0.05, 0) is 75.8 Å². The zero-order chi connectivity index (χ0) is 37.0. The summed E-state index contributed by atoms with van der Waals surface area (Å²) in [5, 5.41) is 4.72. The SMILES string of the molecule is c1ccc(-c2ccc(-c3cc(-c4cc(-c5cccc6c5oc5ccccc56)nc(-c5ccccc5)n4)cc(-c4cccc5c4sc4ccccc45)c3)cc2)cc1. The zero-order valence-corrected chi connectivity index (χ0v) is 31.0. The molecule has 0 saturated heterocycles. The van der Waals surface area contributed by atoms with Gasteiger partial charge in [-0.1, -0.05) is 152 Å². The van der Waals surface area contributed by atoms with Gasteiger partial charge in [-0.25, -0.2) is 9.97 Å². The number of rotatable bonds is 6. The van der Waals surface area contributed by atoms with Crippen LogP contribution in [0.15, 0.2) is 199 Å². The highest BCUT2D eigenvalue weighted by atomic mass is 32.1. The van der Waals surface area contributed by atoms with E-state index in [1.54, 1.807) is 0 Å². The molecule has 0 radical (unpaired) electrons. The molecule has 3 heterocycles. The molecule has 0 spiro atoms. The Balaban J connectivity index is 1.15. The quantitative estimate of drug-likeness (QED) is 0.171. The van der Waals surface area contributed by atoms with Gasteiger partial charge in [0, 0.05) is 47.6 Å². The fourth-order valence-electron chi connectivity index (χ4n) is 7.96. The van der Waals surface area contributed by atoms with E-state index in [-0.39, 0.29) is 0 Å². The van der Waals surface area contributed by atoms with Gasteiger partial charge in [-0.15, -0.1) is 11.3 Å². The maximum atomic E-state index is 6.53. The summed E-state index contributed by atoms with van der Waals surface area (Å²) in [5.41, 5.74) is 13.2. The first-order valence-electron chi connectivity index (χ1n) is 18.8. The Hall–Kier alpha value is -7.14. The average molecular weight is 733 g/mol. The average Bonchev–Trinajstić information content (AvgIpc) is 3.86. The minimum atomic E-state index is 0.664. The molecule has 0 N–H and O–H groups in total. The summed E-state index contributed by atoms with van der Waals surface area (Å²) in [5.74, 6) is 0.664. The molecule has 0 aliphatic heterocycles. The lowest BCUT2D eigenvalue weighted by molar-refractivity contribution is 0.670. The molecule has 11 rings (SSSR count). The van der Waals surface area contributed by atoms with E-state index >= 15 is 0 Å². The molecule has 0 bridgehead atoms.